The van der Waals surface area contributed by atoms with Gasteiger partial charge in [-0.1, -0.05) is 48.5 Å². The highest BCUT2D eigenvalue weighted by Gasteiger charge is 2.18. The van der Waals surface area contributed by atoms with Crippen molar-refractivity contribution in [1.29, 1.82) is 0 Å². The van der Waals surface area contributed by atoms with Crippen LogP contribution in [0.3, 0.4) is 0 Å². The molecule has 0 unspecified atom stereocenters. The summed E-state index contributed by atoms with van der Waals surface area (Å²) < 4.78 is 5.55. The van der Waals surface area contributed by atoms with Gasteiger partial charge in [0.15, 0.2) is 11.7 Å². The SMILES string of the molecule is CCN(C(=O)COc1ccccc1)c1nc(-c2ccccc2)cs1. The van der Waals surface area contributed by atoms with Crippen molar-refractivity contribution < 1.29 is 9.53 Å². The van der Waals surface area contributed by atoms with Gasteiger partial charge in [-0.2, -0.15) is 0 Å². The highest BCUT2D eigenvalue weighted by Crippen LogP contribution is 2.27. The van der Waals surface area contributed by atoms with E-state index in [0.29, 0.717) is 17.4 Å². The van der Waals surface area contributed by atoms with Crippen LogP contribution in [0.5, 0.6) is 5.75 Å². The molecule has 2 aromatic carbocycles. The van der Waals surface area contributed by atoms with Gasteiger partial charge in [0.05, 0.1) is 5.69 Å². The first kappa shape index (κ1) is 16.2. The topological polar surface area (TPSA) is 42.4 Å². The Labute approximate surface area is 145 Å². The standard InChI is InChI=1S/C19H18N2O2S/c1-2-21(18(22)13-23-16-11-7-4-8-12-16)19-20-17(14-24-19)15-9-5-3-6-10-15/h3-12,14H,2,13H2,1H3. The number of rotatable bonds is 6. The van der Waals surface area contributed by atoms with Gasteiger partial charge in [-0.3, -0.25) is 9.69 Å². The molecule has 1 heterocycles. The van der Waals surface area contributed by atoms with E-state index in [1.54, 1.807) is 4.90 Å². The second-order valence-corrected chi connectivity index (χ2v) is 5.96. The van der Waals surface area contributed by atoms with Crippen LogP contribution in [0, 0.1) is 0 Å². The fourth-order valence-corrected chi connectivity index (χ4v) is 3.20. The minimum Gasteiger partial charge on any atom is -0.484 e. The first-order valence-corrected chi connectivity index (χ1v) is 8.65. The van der Waals surface area contributed by atoms with Crippen LogP contribution in [0.4, 0.5) is 5.13 Å². The van der Waals surface area contributed by atoms with Crippen molar-refractivity contribution in [3.05, 3.63) is 66.0 Å². The summed E-state index contributed by atoms with van der Waals surface area (Å²) in [5, 5.41) is 2.66. The number of hydrogen-bond donors (Lipinski definition) is 0. The molecule has 0 aliphatic heterocycles. The van der Waals surface area contributed by atoms with Crippen LogP contribution in [0.1, 0.15) is 6.92 Å². The first-order chi connectivity index (χ1) is 11.8. The average molecular weight is 338 g/mol. The first-order valence-electron chi connectivity index (χ1n) is 7.77. The van der Waals surface area contributed by atoms with Gasteiger partial charge >= 0.3 is 0 Å². The molecular formula is C19H18N2O2S. The van der Waals surface area contributed by atoms with E-state index in [4.69, 9.17) is 4.74 Å². The minimum atomic E-state index is -0.102. The molecule has 122 valence electrons. The maximum absolute atomic E-state index is 12.5. The normalized spacial score (nSPS) is 10.4. The van der Waals surface area contributed by atoms with Crippen LogP contribution in [-0.2, 0) is 4.79 Å². The molecule has 0 aliphatic carbocycles. The third-order valence-corrected chi connectivity index (χ3v) is 4.38. The molecule has 5 heteroatoms. The maximum atomic E-state index is 12.5. The van der Waals surface area contributed by atoms with E-state index in [2.05, 4.69) is 4.98 Å². The van der Waals surface area contributed by atoms with Gasteiger partial charge in [-0.05, 0) is 19.1 Å². The van der Waals surface area contributed by atoms with Crippen molar-refractivity contribution >= 4 is 22.4 Å². The number of carbonyl (C=O) groups excluding carboxylic acids is 1. The number of hydrogen-bond acceptors (Lipinski definition) is 4. The summed E-state index contributed by atoms with van der Waals surface area (Å²) in [6.45, 7) is 2.49. The Morgan fingerprint density at radius 1 is 1.08 bits per heavy atom. The molecule has 0 fully saturated rings. The van der Waals surface area contributed by atoms with E-state index in [0.717, 1.165) is 11.3 Å². The molecule has 0 aliphatic rings. The van der Waals surface area contributed by atoms with E-state index < -0.39 is 0 Å². The zero-order valence-electron chi connectivity index (χ0n) is 13.4. The van der Waals surface area contributed by atoms with Crippen molar-refractivity contribution in [3.8, 4) is 17.0 Å². The lowest BCUT2D eigenvalue weighted by Crippen LogP contribution is -2.34. The van der Waals surface area contributed by atoms with Gasteiger partial charge in [0.25, 0.3) is 5.91 Å². The Hall–Kier alpha value is -2.66. The van der Waals surface area contributed by atoms with E-state index in [9.17, 15) is 4.79 Å². The molecule has 0 spiro atoms. The van der Waals surface area contributed by atoms with Gasteiger partial charge in [0.2, 0.25) is 0 Å². The monoisotopic (exact) mass is 338 g/mol. The number of benzene rings is 2. The number of ether oxygens (including phenoxy) is 1. The van der Waals surface area contributed by atoms with E-state index >= 15 is 0 Å². The summed E-state index contributed by atoms with van der Waals surface area (Å²) in [4.78, 5) is 18.7. The number of amides is 1. The fourth-order valence-electron chi connectivity index (χ4n) is 2.29. The third-order valence-electron chi connectivity index (χ3n) is 3.52. The zero-order valence-corrected chi connectivity index (χ0v) is 14.2. The molecular weight excluding hydrogens is 320 g/mol. The Bertz CT molecular complexity index is 787. The molecule has 0 saturated carbocycles. The molecule has 24 heavy (non-hydrogen) atoms. The summed E-state index contributed by atoms with van der Waals surface area (Å²) in [5.41, 5.74) is 1.93. The zero-order chi connectivity index (χ0) is 16.8. The maximum Gasteiger partial charge on any atom is 0.266 e. The predicted octanol–water partition coefficient (Wildman–Crippen LogP) is 4.24. The van der Waals surface area contributed by atoms with Gasteiger partial charge in [-0.15, -0.1) is 11.3 Å². The number of thiazole rings is 1. The highest BCUT2D eigenvalue weighted by molar-refractivity contribution is 7.14. The van der Waals surface area contributed by atoms with Crippen LogP contribution in [0.25, 0.3) is 11.3 Å². The molecule has 0 radical (unpaired) electrons. The van der Waals surface area contributed by atoms with E-state index in [1.807, 2.05) is 73.0 Å². The smallest absolute Gasteiger partial charge is 0.266 e. The van der Waals surface area contributed by atoms with Crippen molar-refractivity contribution in [1.82, 2.24) is 4.98 Å². The largest absolute Gasteiger partial charge is 0.484 e. The number of aromatic nitrogens is 1. The lowest BCUT2D eigenvalue weighted by atomic mass is 10.2. The van der Waals surface area contributed by atoms with Crippen molar-refractivity contribution in [3.63, 3.8) is 0 Å². The van der Waals surface area contributed by atoms with E-state index in [-0.39, 0.29) is 12.5 Å². The van der Waals surface area contributed by atoms with Crippen molar-refractivity contribution in [2.75, 3.05) is 18.1 Å². The Balaban J connectivity index is 1.69. The number of nitrogens with zero attached hydrogens (tertiary/aromatic N) is 2. The summed E-state index contributed by atoms with van der Waals surface area (Å²) >= 11 is 1.47. The molecule has 0 atom stereocenters. The molecule has 0 N–H and O–H groups in total. The second-order valence-electron chi connectivity index (χ2n) is 5.12. The Morgan fingerprint density at radius 2 is 1.75 bits per heavy atom. The average Bonchev–Trinajstić information content (AvgIpc) is 3.12. The number of likely N-dealkylation sites (N-methyl/N-ethyl adjacent to an activating group) is 1. The van der Waals surface area contributed by atoms with Crippen LogP contribution < -0.4 is 9.64 Å². The molecule has 3 aromatic rings. The molecule has 0 saturated heterocycles. The molecule has 3 rings (SSSR count). The van der Waals surface area contributed by atoms with Crippen molar-refractivity contribution in [2.24, 2.45) is 0 Å². The molecule has 0 bridgehead atoms. The highest BCUT2D eigenvalue weighted by atomic mass is 32.1. The summed E-state index contributed by atoms with van der Waals surface area (Å²) in [5.74, 6) is 0.585. The summed E-state index contributed by atoms with van der Waals surface area (Å²) in [6.07, 6.45) is 0. The van der Waals surface area contributed by atoms with Gasteiger partial charge in [0.1, 0.15) is 5.75 Å². The number of para-hydroxylation sites is 1. The fraction of sp³-hybridized carbons (Fsp3) is 0.158. The number of carbonyl (C=O) groups is 1. The minimum absolute atomic E-state index is 0.00188. The molecule has 4 nitrogen and oxygen atoms in total. The third kappa shape index (κ3) is 3.81. The lowest BCUT2D eigenvalue weighted by Gasteiger charge is -2.17. The van der Waals surface area contributed by atoms with Crippen LogP contribution in [-0.4, -0.2) is 24.0 Å². The molecule has 1 aromatic heterocycles. The van der Waals surface area contributed by atoms with Crippen molar-refractivity contribution in [2.45, 2.75) is 6.92 Å². The Kier molecular flexibility index (Phi) is 5.23. The van der Waals surface area contributed by atoms with Gasteiger partial charge < -0.3 is 4.74 Å². The Morgan fingerprint density at radius 3 is 2.42 bits per heavy atom. The lowest BCUT2D eigenvalue weighted by molar-refractivity contribution is -0.120. The number of anilines is 1. The van der Waals surface area contributed by atoms with Gasteiger partial charge in [0, 0.05) is 17.5 Å². The van der Waals surface area contributed by atoms with Crippen LogP contribution in [0.2, 0.25) is 0 Å². The van der Waals surface area contributed by atoms with E-state index in [1.165, 1.54) is 11.3 Å². The van der Waals surface area contributed by atoms with Gasteiger partial charge in [-0.25, -0.2) is 4.98 Å². The quantitative estimate of drug-likeness (QED) is 0.675. The van der Waals surface area contributed by atoms with Crippen LogP contribution >= 0.6 is 11.3 Å². The predicted molar refractivity (Wildman–Crippen MR) is 97.5 cm³/mol. The molecule has 1 amide bonds. The van der Waals surface area contributed by atoms with Crippen LogP contribution in [0.15, 0.2) is 66.0 Å². The second kappa shape index (κ2) is 7.75. The summed E-state index contributed by atoms with van der Waals surface area (Å²) in [7, 11) is 0. The summed E-state index contributed by atoms with van der Waals surface area (Å²) in [6, 6.07) is 19.3.